The molecule has 31 heavy (non-hydrogen) atoms. The Hall–Kier alpha value is -0.631. The van der Waals surface area contributed by atoms with Gasteiger partial charge < -0.3 is 0 Å². The van der Waals surface area contributed by atoms with Gasteiger partial charge in [-0.15, -0.1) is 0 Å². The van der Waals surface area contributed by atoms with Gasteiger partial charge in [-0.3, -0.25) is 0 Å². The van der Waals surface area contributed by atoms with Crippen molar-refractivity contribution in [3.63, 3.8) is 0 Å². The van der Waals surface area contributed by atoms with Crippen molar-refractivity contribution in [3.8, 4) is 0 Å². The van der Waals surface area contributed by atoms with Gasteiger partial charge in [0.1, 0.15) is 0 Å². The molecule has 4 rings (SSSR count). The number of rotatable bonds is 2. The molecule has 0 saturated carbocycles. The fourth-order valence-corrected chi connectivity index (χ4v) is 7.77. The maximum absolute atomic E-state index is 3.39. The molecule has 0 bridgehead atoms. The third-order valence-electron chi connectivity index (χ3n) is 4.22. The summed E-state index contributed by atoms with van der Waals surface area (Å²) >= 11 is -2.92. The molecule has 0 atom stereocenters. The zero-order chi connectivity index (χ0) is 22.3. The molecule has 2 aromatic rings. The minimum absolute atomic E-state index is 0. The second-order valence-electron chi connectivity index (χ2n) is 9.05. The standard InChI is InChI=1S/2C8H13Ge.2C6H5.Zr/c2*1-9(2,3)8-6-4-5-7-8;2*1-2-4-6-5-3-1;/h2*4,6H,5H2,1-3H3;2*1-5H;/q4*-1;+4. The first-order valence-corrected chi connectivity index (χ1v) is 25.3. The van der Waals surface area contributed by atoms with E-state index < -0.39 is 26.5 Å². The van der Waals surface area contributed by atoms with Crippen LogP contribution in [0.1, 0.15) is 12.8 Å². The molecule has 0 aromatic heterocycles. The zero-order valence-electron chi connectivity index (χ0n) is 20.0. The number of hydrogen-bond acceptors (Lipinski definition) is 0. The second kappa shape index (κ2) is 16.9. The molecule has 0 radical (unpaired) electrons. The van der Waals surface area contributed by atoms with E-state index in [1.54, 1.807) is 0 Å². The molecule has 0 amide bonds. The Morgan fingerprint density at radius 2 is 0.871 bits per heavy atom. The summed E-state index contributed by atoms with van der Waals surface area (Å²) < 4.78 is 3.07. The van der Waals surface area contributed by atoms with Gasteiger partial charge in [0.25, 0.3) is 0 Å². The Bertz CT molecular complexity index is 681. The first-order chi connectivity index (χ1) is 14.2. The van der Waals surface area contributed by atoms with Gasteiger partial charge in [0.05, 0.1) is 0 Å². The summed E-state index contributed by atoms with van der Waals surface area (Å²) in [6, 6.07) is 25.0. The van der Waals surface area contributed by atoms with Gasteiger partial charge in [-0.05, 0) is 0 Å². The van der Waals surface area contributed by atoms with E-state index in [0.717, 1.165) is 12.8 Å². The molecule has 0 heterocycles. The van der Waals surface area contributed by atoms with Crippen molar-refractivity contribution in [2.75, 3.05) is 0 Å². The predicted molar refractivity (Wildman–Crippen MR) is 138 cm³/mol. The molecule has 2 aromatic carbocycles. The van der Waals surface area contributed by atoms with Crippen LogP contribution in [-0.2, 0) is 26.2 Å². The number of benzene rings is 2. The Morgan fingerprint density at radius 3 is 0.968 bits per heavy atom. The maximum Gasteiger partial charge on any atom is 4.00 e. The molecule has 0 N–H and O–H groups in total. The zero-order valence-corrected chi connectivity index (χ0v) is 26.7. The summed E-state index contributed by atoms with van der Waals surface area (Å²) in [6.45, 7) is 0. The Balaban J connectivity index is 0.000000389. The van der Waals surface area contributed by atoms with E-state index in [-0.39, 0.29) is 26.2 Å². The SMILES string of the molecule is [CH3][Ge]([CH3])([CH3])[C]1=[C-]CC=C1.[CH3][Ge]([CH3])([CH3])[C]1=[C-]CC=C1.[Zr+4].[c-]1ccccc1.[c-]1ccccc1. The molecule has 0 fully saturated rings. The minimum atomic E-state index is -1.46. The normalized spacial score (nSPS) is 13.7. The first-order valence-electron chi connectivity index (χ1n) is 10.6. The van der Waals surface area contributed by atoms with Crippen LogP contribution in [0, 0.1) is 24.3 Å². The van der Waals surface area contributed by atoms with Crippen LogP contribution in [0.25, 0.3) is 0 Å². The topological polar surface area (TPSA) is 0 Å². The van der Waals surface area contributed by atoms with Gasteiger partial charge in [0.15, 0.2) is 0 Å². The molecule has 0 aliphatic heterocycles. The van der Waals surface area contributed by atoms with Crippen molar-refractivity contribution in [3.05, 3.63) is 118 Å². The molecule has 0 saturated heterocycles. The van der Waals surface area contributed by atoms with Gasteiger partial charge in [-0.2, -0.15) is 72.8 Å². The summed E-state index contributed by atoms with van der Waals surface area (Å²) in [6.07, 6.45) is 17.8. The van der Waals surface area contributed by atoms with Gasteiger partial charge in [-0.25, -0.2) is 0 Å². The van der Waals surface area contributed by atoms with E-state index >= 15 is 0 Å². The van der Waals surface area contributed by atoms with Crippen molar-refractivity contribution >= 4 is 26.5 Å². The van der Waals surface area contributed by atoms with E-state index in [2.05, 4.69) is 83.1 Å². The van der Waals surface area contributed by atoms with Crippen molar-refractivity contribution < 1.29 is 26.2 Å². The number of allylic oxidation sites excluding steroid dienone is 8. The predicted octanol–water partition coefficient (Wildman–Crippen LogP) is 8.08. The van der Waals surface area contributed by atoms with Crippen molar-refractivity contribution in [2.45, 2.75) is 47.4 Å². The average Bonchev–Trinajstić information content (AvgIpc) is 3.46. The molecule has 0 unspecified atom stereocenters. The largest absolute Gasteiger partial charge is 4.00 e. The summed E-state index contributed by atoms with van der Waals surface area (Å²) in [5.41, 5.74) is 0. The van der Waals surface area contributed by atoms with Crippen LogP contribution in [0.4, 0.5) is 0 Å². The summed E-state index contributed by atoms with van der Waals surface area (Å²) in [5, 5.41) is 0. The minimum Gasteiger partial charge on any atom is -0.184 e. The van der Waals surface area contributed by atoms with E-state index in [0.29, 0.717) is 0 Å². The van der Waals surface area contributed by atoms with E-state index in [9.17, 15) is 0 Å². The van der Waals surface area contributed by atoms with Crippen LogP contribution in [0.3, 0.4) is 0 Å². The van der Waals surface area contributed by atoms with Crippen molar-refractivity contribution in [1.82, 2.24) is 0 Å². The van der Waals surface area contributed by atoms with Crippen LogP contribution in [0.2, 0.25) is 34.5 Å². The van der Waals surface area contributed by atoms with Crippen LogP contribution in [0.5, 0.6) is 0 Å². The smallest absolute Gasteiger partial charge is 0.184 e. The fraction of sp³-hybridized carbons (Fsp3) is 0.286. The molecule has 2 aliphatic carbocycles. The summed E-state index contributed by atoms with van der Waals surface area (Å²) in [7, 11) is 0. The molecular formula is C28H36Ge2Zr. The Kier molecular flexibility index (Phi) is 16.6. The molecule has 160 valence electrons. The molecular weight excluding hydrogens is 573 g/mol. The van der Waals surface area contributed by atoms with Gasteiger partial charge in [-0.1, -0.05) is 0 Å². The third-order valence-corrected chi connectivity index (χ3v) is 12.4. The van der Waals surface area contributed by atoms with E-state index in [1.165, 1.54) is 8.81 Å². The molecule has 0 spiro atoms. The van der Waals surface area contributed by atoms with Crippen molar-refractivity contribution in [1.29, 1.82) is 0 Å². The van der Waals surface area contributed by atoms with E-state index in [4.69, 9.17) is 0 Å². The third kappa shape index (κ3) is 15.8. The number of hydrogen-bond donors (Lipinski definition) is 0. The summed E-state index contributed by atoms with van der Waals surface area (Å²) in [5.74, 6) is 14.4. The molecule has 3 heteroatoms. The summed E-state index contributed by atoms with van der Waals surface area (Å²) in [4.78, 5) is 0. The van der Waals surface area contributed by atoms with Gasteiger partial charge in [0.2, 0.25) is 0 Å². The first kappa shape index (κ1) is 30.4. The Morgan fingerprint density at radius 1 is 0.548 bits per heavy atom. The fourth-order valence-electron chi connectivity index (χ4n) is 2.52. The Labute approximate surface area is 216 Å². The molecule has 0 nitrogen and oxygen atoms in total. The van der Waals surface area contributed by atoms with Crippen molar-refractivity contribution in [2.24, 2.45) is 0 Å². The van der Waals surface area contributed by atoms with Gasteiger partial charge >= 0.3 is 145 Å². The van der Waals surface area contributed by atoms with Crippen LogP contribution < -0.4 is 0 Å². The van der Waals surface area contributed by atoms with Gasteiger partial charge in [0, 0.05) is 0 Å². The quantitative estimate of drug-likeness (QED) is 0.239. The van der Waals surface area contributed by atoms with Crippen LogP contribution in [0.15, 0.2) is 93.8 Å². The van der Waals surface area contributed by atoms with Crippen LogP contribution >= 0.6 is 0 Å². The van der Waals surface area contributed by atoms with Crippen LogP contribution in [-0.4, -0.2) is 26.5 Å². The maximum atomic E-state index is 3.39. The second-order valence-corrected chi connectivity index (χ2v) is 30.2. The molecule has 2 aliphatic rings. The monoisotopic (exact) mass is 610 g/mol. The van der Waals surface area contributed by atoms with E-state index in [1.807, 2.05) is 60.7 Å². The average molecular weight is 609 g/mol.